The SMILES string of the molecule is Cc1ccnc(N2C(=O)c3oc4ccc(Cl)cc4c(=O)c3[C@H]2c2ccc(Cl)c(Cl)c2)c1. The van der Waals surface area contributed by atoms with Gasteiger partial charge in [0.25, 0.3) is 5.91 Å². The minimum Gasteiger partial charge on any atom is -0.450 e. The van der Waals surface area contributed by atoms with Gasteiger partial charge in [-0.15, -0.1) is 0 Å². The summed E-state index contributed by atoms with van der Waals surface area (Å²) in [7, 11) is 0. The van der Waals surface area contributed by atoms with Crippen molar-refractivity contribution in [3.05, 3.63) is 102 Å². The molecule has 1 amide bonds. The maximum atomic E-state index is 13.5. The zero-order chi connectivity index (χ0) is 21.9. The number of carbonyl (C=O) groups is 1. The molecule has 0 saturated heterocycles. The predicted octanol–water partition coefficient (Wildman–Crippen LogP) is 6.21. The average molecular weight is 472 g/mol. The molecule has 5 nitrogen and oxygen atoms in total. The second kappa shape index (κ2) is 7.38. The van der Waals surface area contributed by atoms with E-state index >= 15 is 0 Å². The van der Waals surface area contributed by atoms with E-state index in [0.29, 0.717) is 31.8 Å². The van der Waals surface area contributed by atoms with Crippen molar-refractivity contribution in [3.8, 4) is 0 Å². The first kappa shape index (κ1) is 20.1. The van der Waals surface area contributed by atoms with Gasteiger partial charge in [-0.25, -0.2) is 4.98 Å². The van der Waals surface area contributed by atoms with Gasteiger partial charge in [-0.05, 0) is 60.5 Å². The fourth-order valence-corrected chi connectivity index (χ4v) is 4.31. The Kier molecular flexibility index (Phi) is 4.77. The molecule has 31 heavy (non-hydrogen) atoms. The van der Waals surface area contributed by atoms with E-state index in [9.17, 15) is 9.59 Å². The standard InChI is InChI=1S/C23H13Cl3N2O3/c1-11-6-7-27-18(8-11)28-20(12-2-4-15(25)16(26)9-12)19-21(29)14-10-13(24)3-5-17(14)31-22(19)23(28)30/h2-10,20H,1H3/t20-/m1/s1. The van der Waals surface area contributed by atoms with Crippen molar-refractivity contribution < 1.29 is 9.21 Å². The summed E-state index contributed by atoms with van der Waals surface area (Å²) in [6.07, 6.45) is 1.61. The topological polar surface area (TPSA) is 63.4 Å². The Labute approximate surface area is 191 Å². The molecule has 0 unspecified atom stereocenters. The number of carbonyl (C=O) groups excluding carboxylic acids is 1. The van der Waals surface area contributed by atoms with Crippen molar-refractivity contribution in [3.63, 3.8) is 0 Å². The number of anilines is 1. The van der Waals surface area contributed by atoms with Crippen molar-refractivity contribution in [2.24, 2.45) is 0 Å². The first-order valence-corrected chi connectivity index (χ1v) is 10.5. The van der Waals surface area contributed by atoms with Crippen LogP contribution in [0.3, 0.4) is 0 Å². The smallest absolute Gasteiger partial charge is 0.296 e. The molecule has 1 atom stereocenters. The Hall–Kier alpha value is -2.86. The first-order chi connectivity index (χ1) is 14.8. The van der Waals surface area contributed by atoms with Gasteiger partial charge in [-0.2, -0.15) is 0 Å². The molecule has 0 radical (unpaired) electrons. The molecule has 2 aromatic carbocycles. The van der Waals surface area contributed by atoms with Gasteiger partial charge in [0.1, 0.15) is 11.4 Å². The molecule has 0 N–H and O–H groups in total. The number of hydrogen-bond acceptors (Lipinski definition) is 4. The monoisotopic (exact) mass is 470 g/mol. The molecule has 0 spiro atoms. The van der Waals surface area contributed by atoms with Gasteiger partial charge in [0.05, 0.1) is 27.0 Å². The molecule has 0 fully saturated rings. The number of amides is 1. The van der Waals surface area contributed by atoms with Crippen molar-refractivity contribution >= 4 is 57.5 Å². The van der Waals surface area contributed by atoms with Crippen LogP contribution in [0.1, 0.15) is 33.3 Å². The highest BCUT2D eigenvalue weighted by Crippen LogP contribution is 2.42. The van der Waals surface area contributed by atoms with Crippen LogP contribution in [0.4, 0.5) is 5.82 Å². The van der Waals surface area contributed by atoms with Crippen LogP contribution >= 0.6 is 34.8 Å². The molecule has 3 heterocycles. The molecule has 154 valence electrons. The van der Waals surface area contributed by atoms with Crippen molar-refractivity contribution in [1.29, 1.82) is 0 Å². The highest BCUT2D eigenvalue weighted by atomic mass is 35.5. The second-order valence-corrected chi connectivity index (χ2v) is 8.51. The van der Waals surface area contributed by atoms with Crippen LogP contribution in [0.15, 0.2) is 63.9 Å². The van der Waals surface area contributed by atoms with Crippen LogP contribution in [0.25, 0.3) is 11.0 Å². The van der Waals surface area contributed by atoms with Gasteiger partial charge in [-0.3, -0.25) is 14.5 Å². The van der Waals surface area contributed by atoms with Crippen molar-refractivity contribution in [2.75, 3.05) is 4.90 Å². The summed E-state index contributed by atoms with van der Waals surface area (Å²) in [4.78, 5) is 32.8. The Morgan fingerprint density at radius 3 is 2.52 bits per heavy atom. The summed E-state index contributed by atoms with van der Waals surface area (Å²) in [6, 6.07) is 12.5. The normalized spacial score (nSPS) is 15.5. The zero-order valence-electron chi connectivity index (χ0n) is 16.0. The number of fused-ring (bicyclic) bond motifs is 2. The van der Waals surface area contributed by atoms with Crippen molar-refractivity contribution in [2.45, 2.75) is 13.0 Å². The Balaban J connectivity index is 1.84. The van der Waals surface area contributed by atoms with E-state index in [0.717, 1.165) is 5.56 Å². The molecule has 8 heteroatoms. The average Bonchev–Trinajstić information content (AvgIpc) is 3.03. The summed E-state index contributed by atoms with van der Waals surface area (Å²) in [5.74, 6) is -0.0914. The number of aryl methyl sites for hydroxylation is 1. The quantitative estimate of drug-likeness (QED) is 0.349. The molecular weight excluding hydrogens is 459 g/mol. The fraction of sp³-hybridized carbons (Fsp3) is 0.0870. The third-order valence-corrected chi connectivity index (χ3v) is 6.21. The van der Waals surface area contributed by atoms with Gasteiger partial charge in [-0.1, -0.05) is 40.9 Å². The summed E-state index contributed by atoms with van der Waals surface area (Å²) in [5, 5.41) is 1.37. The third kappa shape index (κ3) is 3.21. The minimum atomic E-state index is -0.786. The maximum absolute atomic E-state index is 13.5. The lowest BCUT2D eigenvalue weighted by Gasteiger charge is -2.24. The maximum Gasteiger partial charge on any atom is 0.296 e. The largest absolute Gasteiger partial charge is 0.450 e. The van der Waals surface area contributed by atoms with Crippen LogP contribution in [-0.2, 0) is 0 Å². The van der Waals surface area contributed by atoms with Gasteiger partial charge < -0.3 is 4.42 Å². The third-order valence-electron chi connectivity index (χ3n) is 5.24. The van der Waals surface area contributed by atoms with E-state index in [2.05, 4.69) is 4.98 Å². The van der Waals surface area contributed by atoms with Crippen LogP contribution in [0.2, 0.25) is 15.1 Å². The second-order valence-electron chi connectivity index (χ2n) is 7.26. The molecule has 0 saturated carbocycles. The number of benzene rings is 2. The first-order valence-electron chi connectivity index (χ1n) is 9.32. The van der Waals surface area contributed by atoms with Gasteiger partial charge in [0.2, 0.25) is 5.76 Å². The summed E-state index contributed by atoms with van der Waals surface area (Å²) in [5.41, 5.74) is 1.68. The summed E-state index contributed by atoms with van der Waals surface area (Å²) in [6.45, 7) is 1.90. The van der Waals surface area contributed by atoms with Crippen LogP contribution in [0, 0.1) is 6.92 Å². The van der Waals surface area contributed by atoms with Gasteiger partial charge >= 0.3 is 0 Å². The van der Waals surface area contributed by atoms with Gasteiger partial charge in [0, 0.05) is 11.2 Å². The van der Waals surface area contributed by atoms with E-state index in [-0.39, 0.29) is 22.3 Å². The van der Waals surface area contributed by atoms with Crippen molar-refractivity contribution in [1.82, 2.24) is 4.98 Å². The Morgan fingerprint density at radius 2 is 1.77 bits per heavy atom. The molecule has 4 aromatic rings. The lowest BCUT2D eigenvalue weighted by molar-refractivity contribution is 0.0970. The number of aromatic nitrogens is 1. The molecule has 1 aliphatic heterocycles. The number of halogens is 3. The van der Waals surface area contributed by atoms with Gasteiger partial charge in [0.15, 0.2) is 5.43 Å². The lowest BCUT2D eigenvalue weighted by Crippen LogP contribution is -2.30. The molecule has 5 rings (SSSR count). The predicted molar refractivity (Wildman–Crippen MR) is 122 cm³/mol. The van der Waals surface area contributed by atoms with E-state index in [1.165, 1.54) is 11.0 Å². The van der Waals surface area contributed by atoms with Crippen LogP contribution in [-0.4, -0.2) is 10.9 Å². The number of hydrogen-bond donors (Lipinski definition) is 0. The van der Waals surface area contributed by atoms with Crippen LogP contribution in [0.5, 0.6) is 0 Å². The summed E-state index contributed by atoms with van der Waals surface area (Å²) >= 11 is 18.5. The molecular formula is C23H13Cl3N2O3. The zero-order valence-corrected chi connectivity index (χ0v) is 18.3. The van der Waals surface area contributed by atoms with E-state index in [1.54, 1.807) is 42.6 Å². The highest BCUT2D eigenvalue weighted by Gasteiger charge is 2.44. The Bertz CT molecular complexity index is 1450. The number of nitrogens with zero attached hydrogens (tertiary/aromatic N) is 2. The fourth-order valence-electron chi connectivity index (χ4n) is 3.83. The number of pyridine rings is 1. The molecule has 2 aromatic heterocycles. The minimum absolute atomic E-state index is 0.0285. The molecule has 0 aliphatic carbocycles. The van der Waals surface area contributed by atoms with Crippen LogP contribution < -0.4 is 10.3 Å². The summed E-state index contributed by atoms with van der Waals surface area (Å²) < 4.78 is 5.90. The van der Waals surface area contributed by atoms with E-state index < -0.39 is 11.9 Å². The Morgan fingerprint density at radius 1 is 0.968 bits per heavy atom. The highest BCUT2D eigenvalue weighted by molar-refractivity contribution is 6.42. The van der Waals surface area contributed by atoms with E-state index in [4.69, 9.17) is 39.2 Å². The number of rotatable bonds is 2. The van der Waals surface area contributed by atoms with E-state index in [1.807, 2.05) is 13.0 Å². The lowest BCUT2D eigenvalue weighted by atomic mass is 9.98. The molecule has 0 bridgehead atoms. The molecule has 1 aliphatic rings.